The van der Waals surface area contributed by atoms with Gasteiger partial charge in [0.2, 0.25) is 0 Å². The molecule has 0 saturated carbocycles. The number of nitrogens with one attached hydrogen (secondary N) is 2. The fourth-order valence-corrected chi connectivity index (χ4v) is 3.64. The lowest BCUT2D eigenvalue weighted by Gasteiger charge is -2.29. The highest BCUT2D eigenvalue weighted by Gasteiger charge is 2.30. The van der Waals surface area contributed by atoms with Crippen molar-refractivity contribution in [2.24, 2.45) is 0 Å². The molecule has 0 aromatic heterocycles. The summed E-state index contributed by atoms with van der Waals surface area (Å²) in [5, 5.41) is 5.82. The Kier molecular flexibility index (Phi) is 8.95. The fraction of sp³-hybridized carbons (Fsp3) is 0.259. The quantitative estimate of drug-likeness (QED) is 0.446. The highest BCUT2D eigenvalue weighted by molar-refractivity contribution is 5.94. The molecule has 0 unspecified atom stereocenters. The molecule has 2 atom stereocenters. The minimum absolute atomic E-state index is 0.0982. The molecule has 0 aliphatic carbocycles. The summed E-state index contributed by atoms with van der Waals surface area (Å²) in [6.07, 6.45) is -0.653. The number of rotatable bonds is 10. The second-order valence-corrected chi connectivity index (χ2v) is 7.76. The maximum absolute atomic E-state index is 12.9. The summed E-state index contributed by atoms with van der Waals surface area (Å²) in [7, 11) is 4.55. The second-order valence-electron chi connectivity index (χ2n) is 7.76. The van der Waals surface area contributed by atoms with Gasteiger partial charge in [0.25, 0.3) is 5.91 Å². The van der Waals surface area contributed by atoms with E-state index in [4.69, 9.17) is 18.9 Å². The first-order chi connectivity index (χ1) is 17.0. The largest absolute Gasteiger partial charge is 0.496 e. The van der Waals surface area contributed by atoms with E-state index in [9.17, 15) is 9.59 Å². The van der Waals surface area contributed by atoms with Gasteiger partial charge in [0.15, 0.2) is 0 Å². The van der Waals surface area contributed by atoms with E-state index >= 15 is 0 Å². The van der Waals surface area contributed by atoms with Crippen LogP contribution in [0.4, 0.5) is 4.79 Å². The molecule has 0 aliphatic heterocycles. The lowest BCUT2D eigenvalue weighted by molar-refractivity contribution is 0.0923. The van der Waals surface area contributed by atoms with Crippen molar-refractivity contribution < 1.29 is 28.5 Å². The standard InChI is InChI=1S/C27H30N2O6/c1-18(28-26(30)20-13-9-6-10-14-20)25(29-27(31)35-17-19-11-7-5-8-12-19)24-22(33-3)15-21(32-2)16-23(24)34-4/h5-16,18,25H,17H2,1-4H3,(H,28,30)(H,29,31)/t18-,25+/m0/s1. The van der Waals surface area contributed by atoms with Crippen LogP contribution in [0.25, 0.3) is 0 Å². The summed E-state index contributed by atoms with van der Waals surface area (Å²) in [4.78, 5) is 25.7. The van der Waals surface area contributed by atoms with Crippen LogP contribution in [0.3, 0.4) is 0 Å². The smallest absolute Gasteiger partial charge is 0.408 e. The van der Waals surface area contributed by atoms with Crippen LogP contribution < -0.4 is 24.8 Å². The zero-order chi connectivity index (χ0) is 25.2. The molecule has 0 saturated heterocycles. The third-order valence-electron chi connectivity index (χ3n) is 5.45. The zero-order valence-corrected chi connectivity index (χ0v) is 20.2. The first kappa shape index (κ1) is 25.4. The van der Waals surface area contributed by atoms with Crippen molar-refractivity contribution in [3.8, 4) is 17.2 Å². The van der Waals surface area contributed by atoms with Gasteiger partial charge in [0.1, 0.15) is 23.9 Å². The molecule has 0 heterocycles. The van der Waals surface area contributed by atoms with Crippen LogP contribution in [-0.2, 0) is 11.3 Å². The Hall–Kier alpha value is -4.20. The highest BCUT2D eigenvalue weighted by Crippen LogP contribution is 2.39. The first-order valence-electron chi connectivity index (χ1n) is 11.1. The number of hydrogen-bond donors (Lipinski definition) is 2. The number of benzene rings is 3. The van der Waals surface area contributed by atoms with Gasteiger partial charge in [0.05, 0.1) is 39.0 Å². The summed E-state index contributed by atoms with van der Waals surface area (Å²) in [6.45, 7) is 1.88. The van der Waals surface area contributed by atoms with Crippen LogP contribution in [0.1, 0.15) is 34.5 Å². The third kappa shape index (κ3) is 6.66. The summed E-state index contributed by atoms with van der Waals surface area (Å²) >= 11 is 0. The van der Waals surface area contributed by atoms with E-state index in [1.54, 1.807) is 43.3 Å². The maximum atomic E-state index is 12.9. The Balaban J connectivity index is 1.90. The van der Waals surface area contributed by atoms with Crippen LogP contribution in [0.2, 0.25) is 0 Å². The van der Waals surface area contributed by atoms with Gasteiger partial charge in [-0.15, -0.1) is 0 Å². The lowest BCUT2D eigenvalue weighted by atomic mass is 9.97. The van der Waals surface area contributed by atoms with Crippen molar-refractivity contribution in [3.63, 3.8) is 0 Å². The molecule has 0 fully saturated rings. The number of carbonyl (C=O) groups is 2. The van der Waals surface area contributed by atoms with Crippen molar-refractivity contribution in [2.45, 2.75) is 25.6 Å². The van der Waals surface area contributed by atoms with Crippen molar-refractivity contribution in [3.05, 3.63) is 89.5 Å². The van der Waals surface area contributed by atoms with E-state index in [-0.39, 0.29) is 12.5 Å². The topological polar surface area (TPSA) is 95.1 Å². The van der Waals surface area contributed by atoms with E-state index in [0.29, 0.717) is 28.4 Å². The molecule has 0 aliphatic rings. The van der Waals surface area contributed by atoms with E-state index in [1.165, 1.54) is 21.3 Å². The molecule has 3 aromatic carbocycles. The van der Waals surface area contributed by atoms with Crippen molar-refractivity contribution in [2.75, 3.05) is 21.3 Å². The molecule has 3 rings (SSSR count). The van der Waals surface area contributed by atoms with Crippen LogP contribution in [0, 0.1) is 0 Å². The van der Waals surface area contributed by atoms with Crippen LogP contribution in [-0.4, -0.2) is 39.4 Å². The molecular weight excluding hydrogens is 448 g/mol. The Morgan fingerprint density at radius 2 is 1.37 bits per heavy atom. The second kappa shape index (κ2) is 12.3. The van der Waals surface area contributed by atoms with Gasteiger partial charge in [-0.25, -0.2) is 4.79 Å². The monoisotopic (exact) mass is 478 g/mol. The molecule has 8 heteroatoms. The normalized spacial score (nSPS) is 12.1. The summed E-state index contributed by atoms with van der Waals surface area (Å²) in [5.74, 6) is 1.09. The number of ether oxygens (including phenoxy) is 4. The van der Waals surface area contributed by atoms with Gasteiger partial charge >= 0.3 is 6.09 Å². The van der Waals surface area contributed by atoms with Crippen LogP contribution in [0.5, 0.6) is 17.2 Å². The Labute approximate surface area is 205 Å². The molecule has 8 nitrogen and oxygen atoms in total. The maximum Gasteiger partial charge on any atom is 0.408 e. The highest BCUT2D eigenvalue weighted by atomic mass is 16.5. The van der Waals surface area contributed by atoms with Gasteiger partial charge in [-0.3, -0.25) is 4.79 Å². The predicted molar refractivity (Wildman–Crippen MR) is 132 cm³/mol. The van der Waals surface area contributed by atoms with Crippen molar-refractivity contribution >= 4 is 12.0 Å². The van der Waals surface area contributed by atoms with Gasteiger partial charge in [-0.2, -0.15) is 0 Å². The number of carbonyl (C=O) groups excluding carboxylic acids is 2. The predicted octanol–water partition coefficient (Wildman–Crippen LogP) is 4.50. The number of amides is 2. The molecule has 0 bridgehead atoms. The summed E-state index contributed by atoms with van der Waals surface area (Å²) in [5.41, 5.74) is 1.89. The van der Waals surface area contributed by atoms with Gasteiger partial charge in [-0.1, -0.05) is 48.5 Å². The van der Waals surface area contributed by atoms with Gasteiger partial charge in [0, 0.05) is 17.7 Å². The summed E-state index contributed by atoms with van der Waals surface area (Å²) < 4.78 is 22.0. The number of methoxy groups -OCH3 is 3. The SMILES string of the molecule is COc1cc(OC)c([C@H](NC(=O)OCc2ccccc2)[C@H](C)NC(=O)c2ccccc2)c(OC)c1. The van der Waals surface area contributed by atoms with Gasteiger partial charge in [-0.05, 0) is 24.6 Å². The lowest BCUT2D eigenvalue weighted by Crippen LogP contribution is -2.45. The van der Waals surface area contributed by atoms with E-state index in [2.05, 4.69) is 10.6 Å². The molecule has 2 N–H and O–H groups in total. The van der Waals surface area contributed by atoms with Gasteiger partial charge < -0.3 is 29.6 Å². The zero-order valence-electron chi connectivity index (χ0n) is 20.2. The number of alkyl carbamates (subject to hydrolysis) is 1. The fourth-order valence-electron chi connectivity index (χ4n) is 3.64. The average Bonchev–Trinajstić information content (AvgIpc) is 2.90. The molecular formula is C27H30N2O6. The Bertz CT molecular complexity index is 1100. The van der Waals surface area contributed by atoms with E-state index in [1.807, 2.05) is 36.4 Å². The average molecular weight is 479 g/mol. The minimum Gasteiger partial charge on any atom is -0.496 e. The van der Waals surface area contributed by atoms with E-state index < -0.39 is 18.2 Å². The molecule has 0 spiro atoms. The van der Waals surface area contributed by atoms with Crippen LogP contribution in [0.15, 0.2) is 72.8 Å². The Morgan fingerprint density at radius 3 is 1.91 bits per heavy atom. The minimum atomic E-state index is -0.748. The Morgan fingerprint density at radius 1 is 0.800 bits per heavy atom. The molecule has 3 aromatic rings. The molecule has 184 valence electrons. The molecule has 0 radical (unpaired) electrons. The van der Waals surface area contributed by atoms with Crippen molar-refractivity contribution in [1.82, 2.24) is 10.6 Å². The summed E-state index contributed by atoms with van der Waals surface area (Å²) in [6, 6.07) is 20.2. The molecule has 2 amide bonds. The van der Waals surface area contributed by atoms with Crippen LogP contribution >= 0.6 is 0 Å². The van der Waals surface area contributed by atoms with Crippen molar-refractivity contribution in [1.29, 1.82) is 0 Å². The molecule has 35 heavy (non-hydrogen) atoms. The van der Waals surface area contributed by atoms with E-state index in [0.717, 1.165) is 5.56 Å². The number of hydrogen-bond acceptors (Lipinski definition) is 6. The third-order valence-corrected chi connectivity index (χ3v) is 5.45. The first-order valence-corrected chi connectivity index (χ1v) is 11.1.